The van der Waals surface area contributed by atoms with Gasteiger partial charge >= 0.3 is 0 Å². The topological polar surface area (TPSA) is 51.4 Å². The second kappa shape index (κ2) is 6.57. The van der Waals surface area contributed by atoms with Crippen LogP contribution in [0, 0.1) is 5.82 Å². The Balaban J connectivity index is 1.92. The van der Waals surface area contributed by atoms with E-state index in [4.69, 9.17) is 15.5 Å². The fourth-order valence-electron chi connectivity index (χ4n) is 3.77. The van der Waals surface area contributed by atoms with E-state index < -0.39 is 0 Å². The van der Waals surface area contributed by atoms with Crippen LogP contribution in [0.2, 0.25) is 0 Å². The minimum Gasteiger partial charge on any atom is -0.494 e. The number of benzene rings is 2. The normalized spacial score (nSPS) is 14.0. The molecule has 0 saturated heterocycles. The van der Waals surface area contributed by atoms with Gasteiger partial charge in [0.05, 0.1) is 18.3 Å². The summed E-state index contributed by atoms with van der Waals surface area (Å²) in [5.41, 5.74) is 11.3. The lowest BCUT2D eigenvalue weighted by Gasteiger charge is -2.13. The molecule has 0 spiro atoms. The molecule has 0 saturated carbocycles. The lowest BCUT2D eigenvalue weighted by Crippen LogP contribution is -2.16. The Morgan fingerprint density at radius 2 is 1.92 bits per heavy atom. The van der Waals surface area contributed by atoms with Gasteiger partial charge in [0.2, 0.25) is 0 Å². The third-order valence-corrected chi connectivity index (χ3v) is 5.01. The fraction of sp³-hybridized carbons (Fsp3) is 0.286. The summed E-state index contributed by atoms with van der Waals surface area (Å²) in [6, 6.07) is 10.9. The molecule has 0 amide bonds. The van der Waals surface area contributed by atoms with E-state index in [-0.39, 0.29) is 11.6 Å². The molecule has 4 rings (SSSR count). The second-order valence-electron chi connectivity index (χ2n) is 6.68. The molecule has 0 radical (unpaired) electrons. The highest BCUT2D eigenvalue weighted by Crippen LogP contribution is 2.38. The molecule has 4 nitrogen and oxygen atoms in total. The number of pyridine rings is 1. The predicted octanol–water partition coefficient (Wildman–Crippen LogP) is 4.36. The summed E-state index contributed by atoms with van der Waals surface area (Å²) >= 11 is 0. The summed E-state index contributed by atoms with van der Waals surface area (Å²) in [6.45, 7) is 4.80. The molecule has 5 heteroatoms. The molecule has 3 aromatic rings. The van der Waals surface area contributed by atoms with Crippen molar-refractivity contribution >= 4 is 16.6 Å². The van der Waals surface area contributed by atoms with Gasteiger partial charge < -0.3 is 10.5 Å². The van der Waals surface area contributed by atoms with Gasteiger partial charge in [-0.3, -0.25) is 9.88 Å². The van der Waals surface area contributed by atoms with Crippen LogP contribution in [0.4, 0.5) is 10.1 Å². The number of nitrogen functional groups attached to an aromatic ring is 1. The monoisotopic (exact) mass is 351 g/mol. The van der Waals surface area contributed by atoms with Gasteiger partial charge in [-0.05, 0) is 19.0 Å². The van der Waals surface area contributed by atoms with Crippen molar-refractivity contribution in [2.45, 2.75) is 26.4 Å². The molecule has 2 heterocycles. The van der Waals surface area contributed by atoms with E-state index in [0.717, 1.165) is 59.5 Å². The summed E-state index contributed by atoms with van der Waals surface area (Å²) in [5.74, 6) is -0.154. The van der Waals surface area contributed by atoms with Crippen molar-refractivity contribution in [2.75, 3.05) is 19.4 Å². The van der Waals surface area contributed by atoms with Crippen LogP contribution in [-0.2, 0) is 13.1 Å². The Morgan fingerprint density at radius 3 is 2.69 bits per heavy atom. The fourth-order valence-corrected chi connectivity index (χ4v) is 3.77. The number of nitrogens with zero attached hydrogens (tertiary/aromatic N) is 2. The summed E-state index contributed by atoms with van der Waals surface area (Å²) in [4.78, 5) is 7.24. The second-order valence-corrected chi connectivity index (χ2v) is 6.68. The standard InChI is InChI=1S/C21H22FN3O/c1-3-10-25-11-16-17(12-25)24-21-14(7-4-8-15(21)20(16)23)13-6-5-9-18(26-2)19(13)22/h4-9H,3,10-12H2,1-2H3,(H2,23,24). The van der Waals surface area contributed by atoms with Crippen LogP contribution in [-0.4, -0.2) is 23.5 Å². The number of fused-ring (bicyclic) bond motifs is 2. The van der Waals surface area contributed by atoms with Gasteiger partial charge in [-0.2, -0.15) is 0 Å². The van der Waals surface area contributed by atoms with Crippen molar-refractivity contribution in [1.82, 2.24) is 9.88 Å². The van der Waals surface area contributed by atoms with E-state index in [2.05, 4.69) is 11.8 Å². The molecule has 2 aromatic carbocycles. The molecule has 1 aliphatic rings. The number of nitrogens with two attached hydrogens (primary N) is 1. The first-order valence-electron chi connectivity index (χ1n) is 8.89. The number of hydrogen-bond donors (Lipinski definition) is 1. The van der Waals surface area contributed by atoms with Crippen LogP contribution < -0.4 is 10.5 Å². The van der Waals surface area contributed by atoms with Gasteiger partial charge in [-0.1, -0.05) is 37.3 Å². The molecule has 0 unspecified atom stereocenters. The Kier molecular flexibility index (Phi) is 4.24. The summed E-state index contributed by atoms with van der Waals surface area (Å²) in [5, 5.41) is 0.877. The van der Waals surface area contributed by atoms with E-state index in [0.29, 0.717) is 5.56 Å². The van der Waals surface area contributed by atoms with Crippen molar-refractivity contribution in [2.24, 2.45) is 0 Å². The van der Waals surface area contributed by atoms with Crippen LogP contribution >= 0.6 is 0 Å². The quantitative estimate of drug-likeness (QED) is 0.759. The summed E-state index contributed by atoms with van der Waals surface area (Å²) in [6.07, 6.45) is 1.09. The Hall–Kier alpha value is -2.66. The van der Waals surface area contributed by atoms with Gasteiger partial charge in [0.25, 0.3) is 0 Å². The van der Waals surface area contributed by atoms with Gasteiger partial charge in [0, 0.05) is 40.9 Å². The SMILES string of the molecule is CCCN1Cc2nc3c(-c4cccc(OC)c4F)cccc3c(N)c2C1. The van der Waals surface area contributed by atoms with Gasteiger partial charge in [-0.25, -0.2) is 4.39 Å². The van der Waals surface area contributed by atoms with E-state index in [1.54, 1.807) is 18.2 Å². The van der Waals surface area contributed by atoms with E-state index in [1.807, 2.05) is 18.2 Å². The lowest BCUT2D eigenvalue weighted by molar-refractivity contribution is 0.283. The molecule has 0 bridgehead atoms. The number of rotatable bonds is 4. The highest BCUT2D eigenvalue weighted by molar-refractivity contribution is 6.01. The van der Waals surface area contributed by atoms with E-state index in [9.17, 15) is 4.39 Å². The number of methoxy groups -OCH3 is 1. The Bertz CT molecular complexity index is 987. The number of para-hydroxylation sites is 1. The number of aromatic nitrogens is 1. The Morgan fingerprint density at radius 1 is 1.15 bits per heavy atom. The van der Waals surface area contributed by atoms with Crippen LogP contribution in [0.1, 0.15) is 24.6 Å². The molecule has 2 N–H and O–H groups in total. The Labute approximate surface area is 152 Å². The van der Waals surface area contributed by atoms with Crippen LogP contribution in [0.15, 0.2) is 36.4 Å². The van der Waals surface area contributed by atoms with Crippen LogP contribution in [0.5, 0.6) is 5.75 Å². The molecule has 134 valence electrons. The first kappa shape index (κ1) is 16.8. The smallest absolute Gasteiger partial charge is 0.172 e. The van der Waals surface area contributed by atoms with Crippen molar-refractivity contribution in [1.29, 1.82) is 0 Å². The van der Waals surface area contributed by atoms with Crippen LogP contribution in [0.25, 0.3) is 22.0 Å². The highest BCUT2D eigenvalue weighted by Gasteiger charge is 2.25. The van der Waals surface area contributed by atoms with Gasteiger partial charge in [-0.15, -0.1) is 0 Å². The molecule has 0 atom stereocenters. The van der Waals surface area contributed by atoms with Crippen molar-refractivity contribution < 1.29 is 9.13 Å². The highest BCUT2D eigenvalue weighted by atomic mass is 19.1. The van der Waals surface area contributed by atoms with Gasteiger partial charge in [0.15, 0.2) is 11.6 Å². The van der Waals surface area contributed by atoms with Crippen molar-refractivity contribution in [3.05, 3.63) is 53.5 Å². The third-order valence-electron chi connectivity index (χ3n) is 5.01. The number of hydrogen-bond acceptors (Lipinski definition) is 4. The zero-order valence-electron chi connectivity index (χ0n) is 15.1. The lowest BCUT2D eigenvalue weighted by atomic mass is 9.98. The molecule has 0 fully saturated rings. The zero-order chi connectivity index (χ0) is 18.3. The summed E-state index contributed by atoms with van der Waals surface area (Å²) < 4.78 is 20.0. The molecule has 0 aliphatic carbocycles. The molecule has 1 aliphatic heterocycles. The minimum absolute atomic E-state index is 0.225. The van der Waals surface area contributed by atoms with Crippen LogP contribution in [0.3, 0.4) is 0 Å². The molecule has 26 heavy (non-hydrogen) atoms. The molecular weight excluding hydrogens is 329 g/mol. The first-order valence-corrected chi connectivity index (χ1v) is 8.89. The largest absolute Gasteiger partial charge is 0.494 e. The van der Waals surface area contributed by atoms with E-state index in [1.165, 1.54) is 7.11 Å². The summed E-state index contributed by atoms with van der Waals surface area (Å²) in [7, 11) is 1.47. The maximum absolute atomic E-state index is 14.8. The number of ether oxygens (including phenoxy) is 1. The predicted molar refractivity (Wildman–Crippen MR) is 103 cm³/mol. The molecular formula is C21H22FN3O. The minimum atomic E-state index is -0.379. The maximum atomic E-state index is 14.8. The van der Waals surface area contributed by atoms with Gasteiger partial charge in [0.1, 0.15) is 0 Å². The van der Waals surface area contributed by atoms with E-state index >= 15 is 0 Å². The average molecular weight is 351 g/mol. The van der Waals surface area contributed by atoms with Crippen molar-refractivity contribution in [3.63, 3.8) is 0 Å². The van der Waals surface area contributed by atoms with Crippen molar-refractivity contribution in [3.8, 4) is 16.9 Å². The number of halogens is 1. The third kappa shape index (κ3) is 2.59. The number of anilines is 1. The first-order chi connectivity index (χ1) is 12.6. The average Bonchev–Trinajstić information content (AvgIpc) is 3.05. The zero-order valence-corrected chi connectivity index (χ0v) is 15.1. The molecule has 1 aromatic heterocycles. The maximum Gasteiger partial charge on any atom is 0.172 e.